The summed E-state index contributed by atoms with van der Waals surface area (Å²) in [5, 5.41) is 11.4. The molecular weight excluding hydrogens is 306 g/mol. The third-order valence-corrected chi connectivity index (χ3v) is 2.53. The van der Waals surface area contributed by atoms with Crippen LogP contribution in [0.25, 0.3) is 0 Å². The molecule has 1 aromatic heterocycles. The molecule has 0 spiro atoms. The van der Waals surface area contributed by atoms with Crippen LogP contribution in [0.5, 0.6) is 11.8 Å². The van der Waals surface area contributed by atoms with Gasteiger partial charge in [-0.3, -0.25) is 14.6 Å². The van der Waals surface area contributed by atoms with Crippen molar-refractivity contribution in [1.82, 2.24) is 20.8 Å². The zero-order valence-corrected chi connectivity index (χ0v) is 12.3. The minimum atomic E-state index is -0.771. The lowest BCUT2D eigenvalue weighted by atomic mass is 10.1. The number of hydrogen-bond acceptors (Lipinski definition) is 8. The lowest BCUT2D eigenvalue weighted by molar-refractivity contribution is -0.113. The summed E-state index contributed by atoms with van der Waals surface area (Å²) in [6, 6.07) is 5.78. The normalized spacial score (nSPS) is 10.8. The Bertz CT molecular complexity index is 713. The van der Waals surface area contributed by atoms with Gasteiger partial charge in [0, 0.05) is 7.05 Å². The van der Waals surface area contributed by atoms with E-state index < -0.39 is 11.9 Å². The van der Waals surface area contributed by atoms with Gasteiger partial charge in [0.2, 0.25) is 0 Å². The molecule has 0 saturated heterocycles. The summed E-state index contributed by atoms with van der Waals surface area (Å²) in [4.78, 5) is 31.9. The van der Waals surface area contributed by atoms with E-state index in [4.69, 9.17) is 9.26 Å². The van der Waals surface area contributed by atoms with Crippen molar-refractivity contribution in [2.24, 2.45) is 5.16 Å². The van der Waals surface area contributed by atoms with Crippen LogP contribution >= 0.6 is 0 Å². The second-order valence-corrected chi connectivity index (χ2v) is 3.96. The van der Waals surface area contributed by atoms with E-state index >= 15 is 0 Å². The number of nitrogens with zero attached hydrogens (tertiary/aromatic N) is 3. The van der Waals surface area contributed by atoms with Crippen LogP contribution in [0.1, 0.15) is 5.56 Å². The summed E-state index contributed by atoms with van der Waals surface area (Å²) in [6.45, 7) is 0. The molecule has 2 aromatic rings. The number of carbonyl (C=O) groups is 2. The summed E-state index contributed by atoms with van der Waals surface area (Å²) >= 11 is 0. The summed E-state index contributed by atoms with van der Waals surface area (Å²) in [5.74, 6) is -0.549. The Morgan fingerprint density at radius 1 is 1.30 bits per heavy atom. The molecule has 0 radical (unpaired) electrons. The molecule has 10 heteroatoms. The lowest BCUT2D eigenvalue weighted by Gasteiger charge is -2.10. The highest BCUT2D eigenvalue weighted by atomic mass is 16.6. The SMILES string of the molecule is CNC(=O)NC(=O)/C(=N/OC)c1ccccc1Oc1ncno1. The fourth-order valence-electron chi connectivity index (χ4n) is 1.58. The van der Waals surface area contributed by atoms with Crippen LogP contribution in [0.3, 0.4) is 0 Å². The van der Waals surface area contributed by atoms with Crippen LogP contribution in [-0.2, 0) is 9.63 Å². The molecular formula is C13H13N5O5. The maximum absolute atomic E-state index is 12.2. The number of ether oxygens (including phenoxy) is 1. The zero-order valence-electron chi connectivity index (χ0n) is 12.3. The van der Waals surface area contributed by atoms with Gasteiger partial charge in [-0.05, 0) is 12.1 Å². The molecule has 0 saturated carbocycles. The summed E-state index contributed by atoms with van der Waals surface area (Å²) in [5.41, 5.74) is 0.111. The smallest absolute Gasteiger partial charge is 0.409 e. The fourth-order valence-corrected chi connectivity index (χ4v) is 1.58. The highest BCUT2D eigenvalue weighted by molar-refractivity contribution is 6.47. The number of benzene rings is 1. The molecule has 23 heavy (non-hydrogen) atoms. The van der Waals surface area contributed by atoms with Crippen LogP contribution in [0.2, 0.25) is 0 Å². The number of nitrogens with one attached hydrogen (secondary N) is 2. The number of amides is 3. The first-order chi connectivity index (χ1) is 11.2. The number of rotatable bonds is 5. The van der Waals surface area contributed by atoms with Crippen LogP contribution < -0.4 is 15.4 Å². The number of aromatic nitrogens is 2. The van der Waals surface area contributed by atoms with Gasteiger partial charge in [-0.1, -0.05) is 22.4 Å². The molecule has 1 heterocycles. The van der Waals surface area contributed by atoms with Crippen molar-refractivity contribution < 1.29 is 23.7 Å². The van der Waals surface area contributed by atoms with Crippen molar-refractivity contribution in [3.05, 3.63) is 36.2 Å². The topological polar surface area (TPSA) is 128 Å². The molecule has 10 nitrogen and oxygen atoms in total. The Balaban J connectivity index is 2.34. The number of para-hydroxylation sites is 1. The van der Waals surface area contributed by atoms with E-state index in [1.54, 1.807) is 24.3 Å². The first-order valence-corrected chi connectivity index (χ1v) is 6.33. The number of hydrogen-bond donors (Lipinski definition) is 2. The average molecular weight is 319 g/mol. The van der Waals surface area contributed by atoms with Crippen molar-refractivity contribution in [3.8, 4) is 11.8 Å². The standard InChI is InChI=1S/C13H13N5O5/c1-14-12(20)17-11(19)10(18-21-2)8-5-3-4-6-9(8)22-13-15-7-16-23-13/h3-7H,1-2H3,(H2,14,17,19,20)/b18-10+. The first-order valence-electron chi connectivity index (χ1n) is 6.33. The van der Waals surface area contributed by atoms with Gasteiger partial charge in [0.15, 0.2) is 12.0 Å². The second-order valence-electron chi connectivity index (χ2n) is 3.96. The third kappa shape index (κ3) is 4.03. The Hall–Kier alpha value is -3.43. The maximum atomic E-state index is 12.2. The van der Waals surface area contributed by atoms with Gasteiger partial charge < -0.3 is 14.9 Å². The molecule has 0 aliphatic heterocycles. The first kappa shape index (κ1) is 15.9. The zero-order chi connectivity index (χ0) is 16.7. The molecule has 0 aliphatic carbocycles. The van der Waals surface area contributed by atoms with Crippen molar-refractivity contribution in [3.63, 3.8) is 0 Å². The Morgan fingerprint density at radius 3 is 2.74 bits per heavy atom. The predicted octanol–water partition coefficient (Wildman–Crippen LogP) is 0.668. The van der Waals surface area contributed by atoms with Crippen LogP contribution in [0.4, 0.5) is 4.79 Å². The predicted molar refractivity (Wildman–Crippen MR) is 77.0 cm³/mol. The minimum absolute atomic E-state index is 0.110. The maximum Gasteiger partial charge on any atom is 0.422 e. The number of carbonyl (C=O) groups excluding carboxylic acids is 2. The van der Waals surface area contributed by atoms with Crippen LogP contribution in [0, 0.1) is 0 Å². The van der Waals surface area contributed by atoms with Crippen molar-refractivity contribution in [1.29, 1.82) is 0 Å². The molecule has 0 atom stereocenters. The molecule has 0 bridgehead atoms. The number of oxime groups is 1. The molecule has 3 amide bonds. The highest BCUT2D eigenvalue weighted by Gasteiger charge is 2.22. The van der Waals surface area contributed by atoms with Crippen molar-refractivity contribution in [2.75, 3.05) is 14.2 Å². The Kier molecular flexibility index (Phi) is 5.23. The molecule has 0 fully saturated rings. The van der Waals surface area contributed by atoms with Crippen molar-refractivity contribution >= 4 is 17.6 Å². The minimum Gasteiger partial charge on any atom is -0.409 e. The van der Waals surface area contributed by atoms with Crippen LogP contribution in [0.15, 0.2) is 40.3 Å². The monoisotopic (exact) mass is 319 g/mol. The number of urea groups is 1. The van der Waals surface area contributed by atoms with Crippen molar-refractivity contribution in [2.45, 2.75) is 0 Å². The molecule has 0 aliphatic rings. The van der Waals surface area contributed by atoms with E-state index in [1.165, 1.54) is 20.5 Å². The van der Waals surface area contributed by atoms with Gasteiger partial charge >= 0.3 is 12.1 Å². The van der Waals surface area contributed by atoms with Gasteiger partial charge in [-0.2, -0.15) is 4.98 Å². The molecule has 1 aromatic carbocycles. The largest absolute Gasteiger partial charge is 0.422 e. The lowest BCUT2D eigenvalue weighted by Crippen LogP contribution is -2.41. The van der Waals surface area contributed by atoms with Gasteiger partial charge in [-0.15, -0.1) is 0 Å². The molecule has 2 N–H and O–H groups in total. The molecule has 2 rings (SSSR count). The van der Waals surface area contributed by atoms with E-state index in [9.17, 15) is 9.59 Å². The fraction of sp³-hybridized carbons (Fsp3) is 0.154. The summed E-state index contributed by atoms with van der Waals surface area (Å²) < 4.78 is 10.2. The average Bonchev–Trinajstić information content (AvgIpc) is 3.06. The van der Waals surface area contributed by atoms with Gasteiger partial charge in [-0.25, -0.2) is 4.79 Å². The van der Waals surface area contributed by atoms with Crippen LogP contribution in [-0.4, -0.2) is 41.9 Å². The summed E-state index contributed by atoms with van der Waals surface area (Å²) in [6.07, 6.45) is 1.06. The molecule has 120 valence electrons. The van der Waals surface area contributed by atoms with Gasteiger partial charge in [0.1, 0.15) is 12.9 Å². The van der Waals surface area contributed by atoms with E-state index in [0.29, 0.717) is 0 Å². The quantitative estimate of drug-likeness (QED) is 0.612. The van der Waals surface area contributed by atoms with E-state index in [0.717, 1.165) is 0 Å². The molecule has 0 unspecified atom stereocenters. The highest BCUT2D eigenvalue weighted by Crippen LogP contribution is 2.24. The van der Waals surface area contributed by atoms with Gasteiger partial charge in [0.25, 0.3) is 5.91 Å². The van der Waals surface area contributed by atoms with E-state index in [-0.39, 0.29) is 23.1 Å². The Morgan fingerprint density at radius 2 is 2.09 bits per heavy atom. The third-order valence-electron chi connectivity index (χ3n) is 2.53. The number of imide groups is 1. The Labute approximate surface area is 130 Å². The van der Waals surface area contributed by atoms with E-state index in [2.05, 4.69) is 30.8 Å². The summed E-state index contributed by atoms with van der Waals surface area (Å²) in [7, 11) is 2.65. The second kappa shape index (κ2) is 7.54. The van der Waals surface area contributed by atoms with Gasteiger partial charge in [0.05, 0.1) is 5.56 Å². The van der Waals surface area contributed by atoms with E-state index in [1.807, 2.05) is 0 Å².